The van der Waals surface area contributed by atoms with Crippen LogP contribution >= 0.6 is 0 Å². The molecular formula is C19H28N2O2S. The van der Waals surface area contributed by atoms with Crippen LogP contribution in [0.25, 0.3) is 0 Å². The van der Waals surface area contributed by atoms with Crippen LogP contribution in [0, 0.1) is 6.92 Å². The number of aromatic nitrogens is 2. The molecule has 0 saturated carbocycles. The normalized spacial score (nSPS) is 12.6. The molecule has 0 radical (unpaired) electrons. The van der Waals surface area contributed by atoms with Gasteiger partial charge in [-0.25, -0.2) is 17.4 Å². The van der Waals surface area contributed by atoms with E-state index in [1.807, 2.05) is 27.7 Å². The second-order valence-electron chi connectivity index (χ2n) is 7.33. The molecule has 1 aromatic carbocycles. The predicted octanol–water partition coefficient (Wildman–Crippen LogP) is 4.80. The molecule has 0 amide bonds. The molecule has 0 atom stereocenters. The summed E-state index contributed by atoms with van der Waals surface area (Å²) in [5.74, 6) is 0.594. The molecule has 2 rings (SSSR count). The molecule has 1 aromatic heterocycles. The van der Waals surface area contributed by atoms with E-state index in [2.05, 4.69) is 31.0 Å². The molecule has 0 aliphatic carbocycles. The van der Waals surface area contributed by atoms with E-state index in [4.69, 9.17) is 0 Å². The summed E-state index contributed by atoms with van der Waals surface area (Å²) in [5.41, 5.74) is 3.58. The van der Waals surface area contributed by atoms with Gasteiger partial charge in [-0.3, -0.25) is 0 Å². The number of benzene rings is 1. The quantitative estimate of drug-likeness (QED) is 0.780. The highest BCUT2D eigenvalue weighted by Crippen LogP contribution is 2.36. The second-order valence-corrected chi connectivity index (χ2v) is 9.08. The first-order chi connectivity index (χ1) is 11.1. The summed E-state index contributed by atoms with van der Waals surface area (Å²) in [6, 6.07) is 4.11. The molecule has 0 fully saturated rings. The first-order valence-electron chi connectivity index (χ1n) is 8.49. The summed E-state index contributed by atoms with van der Waals surface area (Å²) in [4.78, 5) is 4.43. The summed E-state index contributed by atoms with van der Waals surface area (Å²) in [5, 5.41) is 0. The fourth-order valence-corrected chi connectivity index (χ4v) is 4.87. The summed E-state index contributed by atoms with van der Waals surface area (Å²) in [6.45, 7) is 14.2. The molecular weight excluding hydrogens is 320 g/mol. The van der Waals surface area contributed by atoms with Crippen molar-refractivity contribution in [3.8, 4) is 0 Å². The molecule has 0 saturated heterocycles. The maximum Gasteiger partial charge on any atom is 0.269 e. The van der Waals surface area contributed by atoms with E-state index in [0.29, 0.717) is 16.5 Å². The summed E-state index contributed by atoms with van der Waals surface area (Å²) >= 11 is 0. The zero-order valence-electron chi connectivity index (χ0n) is 15.7. The van der Waals surface area contributed by atoms with E-state index in [1.54, 1.807) is 13.1 Å². The maximum atomic E-state index is 13.4. The van der Waals surface area contributed by atoms with E-state index in [9.17, 15) is 8.42 Å². The Morgan fingerprint density at radius 1 is 0.917 bits per heavy atom. The highest BCUT2D eigenvalue weighted by Gasteiger charge is 2.28. The van der Waals surface area contributed by atoms with Gasteiger partial charge in [-0.05, 0) is 41.4 Å². The molecule has 1 heterocycles. The molecule has 0 bridgehead atoms. The van der Waals surface area contributed by atoms with Crippen molar-refractivity contribution in [2.24, 2.45) is 0 Å². The fourth-order valence-electron chi connectivity index (χ4n) is 2.89. The SMILES string of the molecule is Cc1cncn1S(=O)(=O)c1c(C(C)C)cc(C(C)C)cc1C(C)C. The number of nitrogens with zero attached hydrogens (tertiary/aromatic N) is 2. The Labute approximate surface area is 146 Å². The fraction of sp³-hybridized carbons (Fsp3) is 0.526. The lowest BCUT2D eigenvalue weighted by Gasteiger charge is -2.23. The molecule has 5 heteroatoms. The Morgan fingerprint density at radius 2 is 1.42 bits per heavy atom. The summed E-state index contributed by atoms with van der Waals surface area (Å²) in [6.07, 6.45) is 2.96. The van der Waals surface area contributed by atoms with Gasteiger partial charge in [0, 0.05) is 6.20 Å². The van der Waals surface area contributed by atoms with Crippen LogP contribution in [0.2, 0.25) is 0 Å². The third-order valence-corrected chi connectivity index (χ3v) is 6.26. The van der Waals surface area contributed by atoms with Crippen LogP contribution in [0.4, 0.5) is 0 Å². The smallest absolute Gasteiger partial charge is 0.244 e. The number of imidazole rings is 1. The van der Waals surface area contributed by atoms with Crippen LogP contribution in [0.1, 0.15) is 81.7 Å². The Balaban J connectivity index is 2.88. The Morgan fingerprint density at radius 3 is 1.75 bits per heavy atom. The lowest BCUT2D eigenvalue weighted by Crippen LogP contribution is -2.19. The minimum Gasteiger partial charge on any atom is -0.244 e. The van der Waals surface area contributed by atoms with Crippen molar-refractivity contribution in [1.29, 1.82) is 0 Å². The Bertz CT molecular complexity index is 802. The Hall–Kier alpha value is -1.62. The molecule has 2 aromatic rings. The highest BCUT2D eigenvalue weighted by molar-refractivity contribution is 7.90. The minimum absolute atomic E-state index is 0.120. The van der Waals surface area contributed by atoms with Crippen LogP contribution in [0.15, 0.2) is 29.6 Å². The average molecular weight is 349 g/mol. The molecule has 0 N–H and O–H groups in total. The van der Waals surface area contributed by atoms with Crippen molar-refractivity contribution in [3.63, 3.8) is 0 Å². The van der Waals surface area contributed by atoms with Crippen LogP contribution in [-0.2, 0) is 10.0 Å². The number of hydrogen-bond acceptors (Lipinski definition) is 3. The first kappa shape index (κ1) is 18.7. The van der Waals surface area contributed by atoms with E-state index in [0.717, 1.165) is 11.1 Å². The van der Waals surface area contributed by atoms with Crippen molar-refractivity contribution in [1.82, 2.24) is 8.96 Å². The van der Waals surface area contributed by atoms with Gasteiger partial charge in [0.2, 0.25) is 0 Å². The molecule has 0 aliphatic heterocycles. The minimum atomic E-state index is -3.67. The monoisotopic (exact) mass is 348 g/mol. The van der Waals surface area contributed by atoms with Crippen molar-refractivity contribution in [3.05, 3.63) is 47.0 Å². The van der Waals surface area contributed by atoms with Crippen LogP contribution in [0.3, 0.4) is 0 Å². The largest absolute Gasteiger partial charge is 0.269 e. The zero-order chi connectivity index (χ0) is 18.2. The van der Waals surface area contributed by atoms with Gasteiger partial charge in [-0.1, -0.05) is 53.7 Å². The summed E-state index contributed by atoms with van der Waals surface area (Å²) in [7, 11) is -3.67. The summed E-state index contributed by atoms with van der Waals surface area (Å²) < 4.78 is 28.0. The van der Waals surface area contributed by atoms with Gasteiger partial charge in [0.1, 0.15) is 6.33 Å². The van der Waals surface area contributed by atoms with Gasteiger partial charge in [-0.15, -0.1) is 0 Å². The van der Waals surface area contributed by atoms with E-state index in [1.165, 1.54) is 15.9 Å². The Kier molecular flexibility index (Phi) is 5.23. The van der Waals surface area contributed by atoms with Gasteiger partial charge in [0.05, 0.1) is 10.6 Å². The molecule has 0 spiro atoms. The molecule has 24 heavy (non-hydrogen) atoms. The lowest BCUT2D eigenvalue weighted by atomic mass is 9.89. The third-order valence-electron chi connectivity index (χ3n) is 4.38. The highest BCUT2D eigenvalue weighted by atomic mass is 32.2. The van der Waals surface area contributed by atoms with Crippen LogP contribution < -0.4 is 0 Å². The van der Waals surface area contributed by atoms with Crippen molar-refractivity contribution >= 4 is 10.0 Å². The van der Waals surface area contributed by atoms with Gasteiger partial charge >= 0.3 is 0 Å². The molecule has 0 unspecified atom stereocenters. The van der Waals surface area contributed by atoms with E-state index < -0.39 is 10.0 Å². The van der Waals surface area contributed by atoms with E-state index >= 15 is 0 Å². The lowest BCUT2D eigenvalue weighted by molar-refractivity contribution is 0.580. The zero-order valence-corrected chi connectivity index (χ0v) is 16.5. The van der Waals surface area contributed by atoms with Gasteiger partial charge in [0.25, 0.3) is 10.0 Å². The number of aryl methyl sites for hydroxylation is 1. The first-order valence-corrected chi connectivity index (χ1v) is 9.93. The van der Waals surface area contributed by atoms with Crippen molar-refractivity contribution in [2.45, 2.75) is 71.1 Å². The van der Waals surface area contributed by atoms with Crippen LogP contribution in [0.5, 0.6) is 0 Å². The predicted molar refractivity (Wildman–Crippen MR) is 98.3 cm³/mol. The molecule has 0 aliphatic rings. The van der Waals surface area contributed by atoms with Crippen molar-refractivity contribution in [2.75, 3.05) is 0 Å². The molecule has 4 nitrogen and oxygen atoms in total. The third kappa shape index (κ3) is 3.27. The van der Waals surface area contributed by atoms with Gasteiger partial charge < -0.3 is 0 Å². The van der Waals surface area contributed by atoms with Crippen LogP contribution in [-0.4, -0.2) is 17.4 Å². The topological polar surface area (TPSA) is 52.0 Å². The standard InChI is InChI=1S/C19H28N2O2S/c1-12(2)16-8-17(13(3)4)19(18(9-16)14(5)6)24(22,23)21-11-20-10-15(21)7/h8-14H,1-7H3. The number of hydrogen-bond donors (Lipinski definition) is 0. The number of rotatable bonds is 5. The van der Waals surface area contributed by atoms with Crippen molar-refractivity contribution < 1.29 is 8.42 Å². The average Bonchev–Trinajstić information content (AvgIpc) is 2.92. The van der Waals surface area contributed by atoms with Gasteiger partial charge in [0.15, 0.2) is 0 Å². The van der Waals surface area contributed by atoms with Gasteiger partial charge in [-0.2, -0.15) is 0 Å². The second kappa shape index (κ2) is 6.71. The molecule has 132 valence electrons. The maximum absolute atomic E-state index is 13.4. The van der Waals surface area contributed by atoms with E-state index in [-0.39, 0.29) is 11.8 Å².